The SMILES string of the molecule is C=CC(=O)OCc1ccc2cc(OC(=O)c3c(F)cc4cc(COC(=O)C(=C)C)ccc4c3F)ccc2c1. The van der Waals surface area contributed by atoms with Crippen LogP contribution < -0.4 is 4.74 Å². The van der Waals surface area contributed by atoms with Gasteiger partial charge in [0.2, 0.25) is 0 Å². The molecule has 0 aliphatic heterocycles. The molecular formula is C30H22F2O6. The number of carbonyl (C=O) groups is 3. The van der Waals surface area contributed by atoms with Crippen molar-refractivity contribution in [2.24, 2.45) is 0 Å². The van der Waals surface area contributed by atoms with E-state index in [1.165, 1.54) is 31.2 Å². The van der Waals surface area contributed by atoms with Crippen LogP contribution in [0.5, 0.6) is 5.75 Å². The van der Waals surface area contributed by atoms with E-state index in [2.05, 4.69) is 13.2 Å². The second-order valence-electron chi connectivity index (χ2n) is 8.50. The van der Waals surface area contributed by atoms with E-state index in [0.29, 0.717) is 10.9 Å². The predicted octanol–water partition coefficient (Wildman–Crippen LogP) is 6.34. The van der Waals surface area contributed by atoms with Crippen molar-refractivity contribution < 1.29 is 37.4 Å². The highest BCUT2D eigenvalue weighted by Crippen LogP contribution is 2.28. The average molecular weight is 516 g/mol. The zero-order chi connectivity index (χ0) is 27.4. The Morgan fingerprint density at radius 2 is 1.47 bits per heavy atom. The van der Waals surface area contributed by atoms with Crippen molar-refractivity contribution in [1.29, 1.82) is 0 Å². The lowest BCUT2D eigenvalue weighted by Crippen LogP contribution is -2.13. The summed E-state index contributed by atoms with van der Waals surface area (Å²) < 4.78 is 45.4. The number of esters is 3. The van der Waals surface area contributed by atoms with Crippen molar-refractivity contribution in [2.75, 3.05) is 0 Å². The molecule has 0 aliphatic carbocycles. The lowest BCUT2D eigenvalue weighted by atomic mass is 10.0. The van der Waals surface area contributed by atoms with Gasteiger partial charge in [0.15, 0.2) is 0 Å². The summed E-state index contributed by atoms with van der Waals surface area (Å²) in [6.07, 6.45) is 1.07. The predicted molar refractivity (Wildman–Crippen MR) is 137 cm³/mol. The molecule has 0 saturated carbocycles. The van der Waals surface area contributed by atoms with Crippen LogP contribution in [0.3, 0.4) is 0 Å². The van der Waals surface area contributed by atoms with Crippen LogP contribution in [0, 0.1) is 11.6 Å². The van der Waals surface area contributed by atoms with Crippen molar-refractivity contribution in [3.63, 3.8) is 0 Å². The Labute approximate surface area is 216 Å². The van der Waals surface area contributed by atoms with Gasteiger partial charge in [-0.05, 0) is 64.5 Å². The molecule has 0 N–H and O–H groups in total. The summed E-state index contributed by atoms with van der Waals surface area (Å²) in [5.74, 6) is -4.35. The second kappa shape index (κ2) is 11.0. The number of carbonyl (C=O) groups excluding carboxylic acids is 3. The topological polar surface area (TPSA) is 78.9 Å². The standard InChI is InChI=1S/C30H22F2O6/c1-4-26(33)36-15-18-5-7-21-13-23(9-8-20(21)11-18)38-30(35)27-25(31)14-22-12-19(6-10-24(22)28(27)32)16-37-29(34)17(2)3/h4-14H,1-2,15-16H2,3H3. The van der Waals surface area contributed by atoms with Crippen LogP contribution in [0.25, 0.3) is 21.5 Å². The van der Waals surface area contributed by atoms with Gasteiger partial charge in [0.25, 0.3) is 0 Å². The molecule has 0 saturated heterocycles. The molecule has 4 rings (SSSR count). The zero-order valence-corrected chi connectivity index (χ0v) is 20.4. The molecule has 8 heteroatoms. The van der Waals surface area contributed by atoms with E-state index in [-0.39, 0.29) is 35.3 Å². The number of ether oxygens (including phenoxy) is 3. The number of halogens is 2. The molecule has 0 atom stereocenters. The molecule has 0 amide bonds. The van der Waals surface area contributed by atoms with Gasteiger partial charge in [-0.3, -0.25) is 0 Å². The number of fused-ring (bicyclic) bond motifs is 2. The van der Waals surface area contributed by atoms with Gasteiger partial charge in [-0.15, -0.1) is 0 Å². The summed E-state index contributed by atoms with van der Waals surface area (Å²) in [5.41, 5.74) is 0.668. The molecule has 0 aliphatic rings. The van der Waals surface area contributed by atoms with E-state index in [9.17, 15) is 18.8 Å². The van der Waals surface area contributed by atoms with Crippen molar-refractivity contribution in [3.05, 3.63) is 114 Å². The Balaban J connectivity index is 1.53. The van der Waals surface area contributed by atoms with E-state index in [0.717, 1.165) is 23.1 Å². The maximum atomic E-state index is 15.2. The van der Waals surface area contributed by atoms with Gasteiger partial charge in [-0.1, -0.05) is 43.5 Å². The third kappa shape index (κ3) is 5.75. The number of hydrogen-bond donors (Lipinski definition) is 0. The molecule has 0 unspecified atom stereocenters. The lowest BCUT2D eigenvalue weighted by molar-refractivity contribution is -0.140. The van der Waals surface area contributed by atoms with Crippen molar-refractivity contribution in [1.82, 2.24) is 0 Å². The highest BCUT2D eigenvalue weighted by Gasteiger charge is 2.23. The molecule has 0 spiro atoms. The first-order valence-electron chi connectivity index (χ1n) is 11.4. The smallest absolute Gasteiger partial charge is 0.349 e. The third-order valence-corrected chi connectivity index (χ3v) is 5.65. The quantitative estimate of drug-likeness (QED) is 0.155. The second-order valence-corrected chi connectivity index (χ2v) is 8.50. The first-order valence-corrected chi connectivity index (χ1v) is 11.4. The Morgan fingerprint density at radius 3 is 2.18 bits per heavy atom. The molecule has 0 bridgehead atoms. The molecule has 0 heterocycles. The van der Waals surface area contributed by atoms with Gasteiger partial charge in [0, 0.05) is 17.0 Å². The minimum atomic E-state index is -1.19. The fourth-order valence-electron chi connectivity index (χ4n) is 3.73. The molecular weight excluding hydrogens is 494 g/mol. The van der Waals surface area contributed by atoms with Gasteiger partial charge in [-0.2, -0.15) is 0 Å². The van der Waals surface area contributed by atoms with Gasteiger partial charge < -0.3 is 14.2 Å². The van der Waals surface area contributed by atoms with Crippen molar-refractivity contribution >= 4 is 39.5 Å². The minimum Gasteiger partial charge on any atom is -0.458 e. The number of rotatable bonds is 8. The Bertz CT molecular complexity index is 1620. The van der Waals surface area contributed by atoms with Gasteiger partial charge in [-0.25, -0.2) is 23.2 Å². The fraction of sp³-hybridized carbons (Fsp3) is 0.100. The third-order valence-electron chi connectivity index (χ3n) is 5.65. The van der Waals surface area contributed by atoms with Crippen LogP contribution in [0.2, 0.25) is 0 Å². The highest BCUT2D eigenvalue weighted by molar-refractivity contribution is 5.98. The lowest BCUT2D eigenvalue weighted by Gasteiger charge is -2.11. The van der Waals surface area contributed by atoms with E-state index in [4.69, 9.17) is 14.2 Å². The first-order chi connectivity index (χ1) is 18.2. The average Bonchev–Trinajstić information content (AvgIpc) is 2.89. The number of benzene rings is 4. The summed E-state index contributed by atoms with van der Waals surface area (Å²) >= 11 is 0. The van der Waals surface area contributed by atoms with Crippen LogP contribution in [0.1, 0.15) is 28.4 Å². The van der Waals surface area contributed by atoms with Crippen molar-refractivity contribution in [2.45, 2.75) is 20.1 Å². The summed E-state index contributed by atoms with van der Waals surface area (Å²) in [4.78, 5) is 35.6. The highest BCUT2D eigenvalue weighted by atomic mass is 19.1. The maximum absolute atomic E-state index is 15.2. The molecule has 6 nitrogen and oxygen atoms in total. The largest absolute Gasteiger partial charge is 0.458 e. The van der Waals surface area contributed by atoms with Crippen LogP contribution in [0.15, 0.2) is 85.5 Å². The molecule has 0 radical (unpaired) electrons. The van der Waals surface area contributed by atoms with Gasteiger partial charge in [0.05, 0.1) is 0 Å². The Kier molecular flexibility index (Phi) is 7.62. The molecule has 0 aromatic heterocycles. The molecule has 4 aromatic carbocycles. The normalized spacial score (nSPS) is 10.7. The number of hydrogen-bond acceptors (Lipinski definition) is 6. The van der Waals surface area contributed by atoms with Gasteiger partial charge >= 0.3 is 17.9 Å². The van der Waals surface area contributed by atoms with E-state index >= 15 is 4.39 Å². The minimum absolute atomic E-state index is 0.0107. The van der Waals surface area contributed by atoms with Crippen LogP contribution in [0.4, 0.5) is 8.78 Å². The molecule has 38 heavy (non-hydrogen) atoms. The monoisotopic (exact) mass is 516 g/mol. The summed E-state index contributed by atoms with van der Waals surface area (Å²) in [5, 5.41) is 1.69. The summed E-state index contributed by atoms with van der Waals surface area (Å²) in [6.45, 7) is 8.32. The van der Waals surface area contributed by atoms with Gasteiger partial charge in [0.1, 0.15) is 36.2 Å². The van der Waals surface area contributed by atoms with Crippen LogP contribution in [-0.2, 0) is 32.3 Å². The molecule has 192 valence electrons. The summed E-state index contributed by atoms with van der Waals surface area (Å²) in [6, 6.07) is 15.4. The first kappa shape index (κ1) is 26.2. The van der Waals surface area contributed by atoms with Crippen LogP contribution in [-0.4, -0.2) is 17.9 Å². The van der Waals surface area contributed by atoms with E-state index < -0.39 is 35.1 Å². The Hall–Kier alpha value is -4.85. The van der Waals surface area contributed by atoms with E-state index in [1.54, 1.807) is 30.3 Å². The zero-order valence-electron chi connectivity index (χ0n) is 20.4. The van der Waals surface area contributed by atoms with Crippen molar-refractivity contribution in [3.8, 4) is 5.75 Å². The van der Waals surface area contributed by atoms with E-state index in [1.807, 2.05) is 0 Å². The van der Waals surface area contributed by atoms with Crippen LogP contribution >= 0.6 is 0 Å². The molecule has 4 aromatic rings. The fourth-order valence-corrected chi connectivity index (χ4v) is 3.73. The maximum Gasteiger partial charge on any atom is 0.349 e. The molecule has 0 fully saturated rings. The summed E-state index contributed by atoms with van der Waals surface area (Å²) in [7, 11) is 0. The Morgan fingerprint density at radius 1 is 0.842 bits per heavy atom.